The second-order valence-electron chi connectivity index (χ2n) is 5.96. The van der Waals surface area contributed by atoms with E-state index in [1.165, 1.54) is 19.3 Å². The van der Waals surface area contributed by atoms with Crippen molar-refractivity contribution in [3.63, 3.8) is 0 Å². The molecule has 2 aliphatic rings. The molecule has 0 aromatic carbocycles. The first-order chi connectivity index (χ1) is 8.66. The highest BCUT2D eigenvalue weighted by atomic mass is 127. The smallest absolute Gasteiger partial charge is 0.170 e. The third kappa shape index (κ3) is 2.13. The van der Waals surface area contributed by atoms with E-state index in [0.717, 1.165) is 15.8 Å². The van der Waals surface area contributed by atoms with E-state index in [9.17, 15) is 0 Å². The number of aromatic nitrogens is 1. The van der Waals surface area contributed by atoms with Crippen LogP contribution in [0.25, 0.3) is 0 Å². The number of pyridine rings is 1. The predicted molar refractivity (Wildman–Crippen MR) is 82.7 cm³/mol. The molecule has 2 aliphatic carbocycles. The lowest BCUT2D eigenvalue weighted by molar-refractivity contribution is -0.720. The molecule has 0 saturated heterocycles. The molecule has 1 saturated carbocycles. The topological polar surface area (TPSA) is 3.88 Å². The summed E-state index contributed by atoms with van der Waals surface area (Å²) in [4.78, 5) is 0. The number of nitrogens with zero attached hydrogens (tertiary/aromatic N) is 1. The Bertz CT molecular complexity index is 465. The normalized spacial score (nSPS) is 35.7. The third-order valence-electron chi connectivity index (χ3n) is 4.89. The lowest BCUT2D eigenvalue weighted by atomic mass is 9.79. The lowest BCUT2D eigenvalue weighted by Crippen LogP contribution is -2.41. The minimum absolute atomic E-state index is 0.695. The van der Waals surface area contributed by atoms with Crippen molar-refractivity contribution in [3.8, 4) is 0 Å². The van der Waals surface area contributed by atoms with Gasteiger partial charge in [-0.3, -0.25) is 0 Å². The Balaban J connectivity index is 1.84. The first-order valence-electron chi connectivity index (χ1n) is 6.92. The van der Waals surface area contributed by atoms with Crippen molar-refractivity contribution in [3.05, 3.63) is 41.7 Å². The fourth-order valence-corrected chi connectivity index (χ4v) is 5.20. The maximum Gasteiger partial charge on any atom is 0.170 e. The van der Waals surface area contributed by atoms with Gasteiger partial charge in [-0.1, -0.05) is 39.8 Å². The molecule has 1 nitrogen and oxygen atoms in total. The van der Waals surface area contributed by atoms with Gasteiger partial charge in [0.25, 0.3) is 0 Å². The largest absolute Gasteiger partial charge is 0.201 e. The van der Waals surface area contributed by atoms with Crippen LogP contribution in [0.15, 0.2) is 41.7 Å². The minimum Gasteiger partial charge on any atom is -0.201 e. The van der Waals surface area contributed by atoms with E-state index in [-0.39, 0.29) is 0 Å². The Morgan fingerprint density at radius 1 is 1.06 bits per heavy atom. The SMILES string of the molecule is CC1=C(C)C[C@@H]2[C@H](C1)C[C@@H]([n+]1ccccc1)[C@H]2I. The van der Waals surface area contributed by atoms with Gasteiger partial charge in [-0.05, 0) is 38.5 Å². The minimum atomic E-state index is 0.695. The molecule has 96 valence electrons. The molecule has 4 atom stereocenters. The Morgan fingerprint density at radius 3 is 2.44 bits per heavy atom. The Hall–Kier alpha value is -0.380. The van der Waals surface area contributed by atoms with Gasteiger partial charge in [-0.25, -0.2) is 4.57 Å². The molecule has 1 aromatic heterocycles. The highest BCUT2D eigenvalue weighted by Crippen LogP contribution is 2.50. The molecule has 1 aromatic rings. The van der Waals surface area contributed by atoms with E-state index in [0.29, 0.717) is 6.04 Å². The van der Waals surface area contributed by atoms with Crippen LogP contribution in [0.4, 0.5) is 0 Å². The highest BCUT2D eigenvalue weighted by molar-refractivity contribution is 14.1. The maximum absolute atomic E-state index is 2.71. The van der Waals surface area contributed by atoms with Crippen LogP contribution in [0.5, 0.6) is 0 Å². The Labute approximate surface area is 123 Å². The summed E-state index contributed by atoms with van der Waals surface area (Å²) < 4.78 is 3.21. The van der Waals surface area contributed by atoms with Crippen LogP contribution in [-0.4, -0.2) is 3.92 Å². The van der Waals surface area contributed by atoms with E-state index < -0.39 is 0 Å². The summed E-state index contributed by atoms with van der Waals surface area (Å²) in [6.07, 6.45) is 8.49. The molecule has 0 spiro atoms. The molecular weight excluding hydrogens is 333 g/mol. The lowest BCUT2D eigenvalue weighted by Gasteiger charge is -2.28. The van der Waals surface area contributed by atoms with Crippen LogP contribution in [0.1, 0.15) is 39.2 Å². The van der Waals surface area contributed by atoms with Gasteiger partial charge in [0.05, 0.1) is 3.92 Å². The number of hydrogen-bond donors (Lipinski definition) is 0. The predicted octanol–water partition coefficient (Wildman–Crippen LogP) is 4.09. The molecule has 1 heterocycles. The molecule has 18 heavy (non-hydrogen) atoms. The van der Waals surface area contributed by atoms with Crippen LogP contribution in [-0.2, 0) is 0 Å². The second kappa shape index (κ2) is 4.95. The third-order valence-corrected chi connectivity index (χ3v) is 6.64. The summed E-state index contributed by atoms with van der Waals surface area (Å²) in [5, 5.41) is 0. The van der Waals surface area contributed by atoms with E-state index >= 15 is 0 Å². The summed E-state index contributed by atoms with van der Waals surface area (Å²) in [6.45, 7) is 4.66. The maximum atomic E-state index is 2.71. The zero-order valence-corrected chi connectivity index (χ0v) is 13.3. The Kier molecular flexibility index (Phi) is 3.48. The number of halogens is 1. The first kappa shape index (κ1) is 12.6. The number of fused-ring (bicyclic) bond motifs is 1. The van der Waals surface area contributed by atoms with Crippen molar-refractivity contribution in [1.82, 2.24) is 0 Å². The molecule has 3 rings (SSSR count). The number of allylic oxidation sites excluding steroid dienone is 2. The fraction of sp³-hybridized carbons (Fsp3) is 0.562. The summed E-state index contributed by atoms with van der Waals surface area (Å²) in [5.41, 5.74) is 3.30. The van der Waals surface area contributed by atoms with E-state index in [1.807, 2.05) is 0 Å². The van der Waals surface area contributed by atoms with Crippen LogP contribution < -0.4 is 4.57 Å². The number of alkyl halides is 1. The molecule has 0 unspecified atom stereocenters. The van der Waals surface area contributed by atoms with Crippen LogP contribution >= 0.6 is 22.6 Å². The second-order valence-corrected chi connectivity index (χ2v) is 7.40. The van der Waals surface area contributed by atoms with Gasteiger partial charge in [0.2, 0.25) is 0 Å². The van der Waals surface area contributed by atoms with Gasteiger partial charge >= 0.3 is 0 Å². The highest BCUT2D eigenvalue weighted by Gasteiger charge is 2.47. The fourth-order valence-electron chi connectivity index (χ4n) is 3.69. The molecule has 0 amide bonds. The quantitative estimate of drug-likeness (QED) is 0.310. The summed E-state index contributed by atoms with van der Waals surface area (Å²) >= 11 is 2.71. The van der Waals surface area contributed by atoms with Gasteiger partial charge in [-0.2, -0.15) is 0 Å². The summed E-state index contributed by atoms with van der Waals surface area (Å²) in [6, 6.07) is 7.11. The standard InChI is InChI=1S/C16H21IN/c1-11-8-13-10-15(18-6-4-3-5-7-18)16(17)14(13)9-12(11)2/h3-7,13-16H,8-10H2,1-2H3/q+1/t13-,14-,15-,16+/m1/s1. The van der Waals surface area contributed by atoms with E-state index in [2.05, 4.69) is 71.6 Å². The summed E-state index contributed by atoms with van der Waals surface area (Å²) in [7, 11) is 0. The van der Waals surface area contributed by atoms with Crippen molar-refractivity contribution in [1.29, 1.82) is 0 Å². The van der Waals surface area contributed by atoms with Crippen LogP contribution in [0, 0.1) is 11.8 Å². The van der Waals surface area contributed by atoms with Crippen molar-refractivity contribution < 1.29 is 4.57 Å². The first-order valence-corrected chi connectivity index (χ1v) is 8.16. The molecule has 0 N–H and O–H groups in total. The van der Waals surface area contributed by atoms with Gasteiger partial charge < -0.3 is 0 Å². The van der Waals surface area contributed by atoms with Crippen molar-refractivity contribution in [2.45, 2.75) is 43.1 Å². The molecule has 1 fully saturated rings. The van der Waals surface area contributed by atoms with Crippen LogP contribution in [0.2, 0.25) is 0 Å². The zero-order chi connectivity index (χ0) is 12.7. The van der Waals surface area contributed by atoms with Crippen LogP contribution in [0.3, 0.4) is 0 Å². The van der Waals surface area contributed by atoms with Gasteiger partial charge in [0, 0.05) is 18.6 Å². The summed E-state index contributed by atoms with van der Waals surface area (Å²) in [5.74, 6) is 1.81. The van der Waals surface area contributed by atoms with E-state index in [4.69, 9.17) is 0 Å². The molecular formula is C16H21IN+. The van der Waals surface area contributed by atoms with Gasteiger partial charge in [-0.15, -0.1) is 0 Å². The zero-order valence-electron chi connectivity index (χ0n) is 11.1. The Morgan fingerprint density at radius 2 is 1.72 bits per heavy atom. The molecule has 0 aliphatic heterocycles. The van der Waals surface area contributed by atoms with Gasteiger partial charge in [0.1, 0.15) is 0 Å². The van der Waals surface area contributed by atoms with Crippen molar-refractivity contribution in [2.75, 3.05) is 0 Å². The average molecular weight is 354 g/mol. The van der Waals surface area contributed by atoms with Crippen molar-refractivity contribution in [2.24, 2.45) is 11.8 Å². The number of hydrogen-bond acceptors (Lipinski definition) is 0. The molecule has 0 radical (unpaired) electrons. The van der Waals surface area contributed by atoms with E-state index in [1.54, 1.807) is 11.1 Å². The number of rotatable bonds is 1. The molecule has 2 heteroatoms. The van der Waals surface area contributed by atoms with Crippen molar-refractivity contribution >= 4 is 22.6 Å². The van der Waals surface area contributed by atoms with Gasteiger partial charge in [0.15, 0.2) is 18.4 Å². The molecule has 0 bridgehead atoms. The monoisotopic (exact) mass is 354 g/mol. The average Bonchev–Trinajstić information content (AvgIpc) is 2.69.